The summed E-state index contributed by atoms with van der Waals surface area (Å²) in [5.74, 6) is -1.48. The van der Waals surface area contributed by atoms with Crippen LogP contribution in [0.3, 0.4) is 0 Å². The van der Waals surface area contributed by atoms with Crippen LogP contribution in [0.1, 0.15) is 87.5 Å². The first-order valence-electron chi connectivity index (χ1n) is 25.9. The molecule has 0 saturated heterocycles. The van der Waals surface area contributed by atoms with Crippen molar-refractivity contribution in [2.24, 2.45) is 42.5 Å². The SMILES string of the molecule is CCC(CC)C(c1ccc(/N=N/c2cc(S(=O)(=O)O)c3ccccc3c2O)cc1)c1ccc(/N=N/c2cc(S(=O)(=O)O)c3ccccc3c2O)c(C(c2ccc(/N=N/c3cc(S(=O)(=O)O)c4ccccc4c3O)cc2)C(CC)CC)c1. The summed E-state index contributed by atoms with van der Waals surface area (Å²) in [7, 11) is -14.2. The van der Waals surface area contributed by atoms with Gasteiger partial charge in [0.2, 0.25) is 0 Å². The Morgan fingerprint density at radius 2 is 0.642 bits per heavy atom. The van der Waals surface area contributed by atoms with Gasteiger partial charge in [-0.25, -0.2) is 0 Å². The van der Waals surface area contributed by atoms with E-state index in [9.17, 15) is 54.2 Å². The van der Waals surface area contributed by atoms with Gasteiger partial charge in [0.1, 0.15) is 31.7 Å². The van der Waals surface area contributed by atoms with Crippen LogP contribution < -0.4 is 0 Å². The molecule has 0 aliphatic heterocycles. The maximum absolute atomic E-state index is 12.7. The van der Waals surface area contributed by atoms with E-state index < -0.39 is 45.0 Å². The summed E-state index contributed by atoms with van der Waals surface area (Å²) < 4.78 is 105. The maximum atomic E-state index is 12.7. The first-order chi connectivity index (χ1) is 38.6. The predicted molar refractivity (Wildman–Crippen MR) is 310 cm³/mol. The number of benzene rings is 9. The van der Waals surface area contributed by atoms with Gasteiger partial charge in [0.15, 0.2) is 17.2 Å². The lowest BCUT2D eigenvalue weighted by atomic mass is 9.74. The minimum Gasteiger partial charge on any atom is -0.505 e. The van der Waals surface area contributed by atoms with Crippen molar-refractivity contribution in [1.82, 2.24) is 0 Å². The summed E-state index contributed by atoms with van der Waals surface area (Å²) in [6, 6.07) is 42.2. The quantitative estimate of drug-likeness (QED) is 0.0325. The highest BCUT2D eigenvalue weighted by Gasteiger charge is 2.30. The van der Waals surface area contributed by atoms with Crippen LogP contribution in [0.25, 0.3) is 32.3 Å². The molecule has 0 aliphatic rings. The van der Waals surface area contributed by atoms with Gasteiger partial charge in [0, 0.05) is 44.2 Å². The van der Waals surface area contributed by atoms with Crippen LogP contribution in [0, 0.1) is 11.8 Å². The molecule has 6 N–H and O–H groups in total. The average Bonchev–Trinajstić information content (AvgIpc) is 3.55. The van der Waals surface area contributed by atoms with E-state index in [4.69, 9.17) is 5.11 Å². The number of phenolic OH excluding ortho intramolecular Hbond substituents is 3. The lowest BCUT2D eigenvalue weighted by Gasteiger charge is -2.31. The molecule has 21 heteroatoms. The molecule has 18 nitrogen and oxygen atoms in total. The van der Waals surface area contributed by atoms with Crippen molar-refractivity contribution < 1.29 is 54.2 Å². The van der Waals surface area contributed by atoms with Gasteiger partial charge in [-0.2, -0.15) is 40.6 Å². The van der Waals surface area contributed by atoms with Gasteiger partial charge in [0.05, 0.1) is 17.1 Å². The fourth-order valence-electron chi connectivity index (χ4n) is 10.7. The molecule has 0 spiro atoms. The molecule has 2 unspecified atom stereocenters. The van der Waals surface area contributed by atoms with Gasteiger partial charge in [-0.3, -0.25) is 13.7 Å². The first-order valence-corrected chi connectivity index (χ1v) is 30.2. The molecule has 0 fully saturated rings. The Morgan fingerprint density at radius 3 is 0.988 bits per heavy atom. The minimum absolute atomic E-state index is 0.0119. The van der Waals surface area contributed by atoms with E-state index >= 15 is 0 Å². The third-order valence-corrected chi connectivity index (χ3v) is 17.5. The van der Waals surface area contributed by atoms with Crippen LogP contribution in [0.5, 0.6) is 17.2 Å². The second-order valence-corrected chi connectivity index (χ2v) is 23.7. The second-order valence-electron chi connectivity index (χ2n) is 19.5. The monoisotopic (exact) mass is 1150 g/mol. The van der Waals surface area contributed by atoms with Crippen molar-refractivity contribution in [2.45, 2.75) is 79.9 Å². The number of azo groups is 3. The summed E-state index contributed by atoms with van der Waals surface area (Å²) in [5, 5.41) is 60.8. The molecule has 0 heterocycles. The van der Waals surface area contributed by atoms with Gasteiger partial charge in [-0.15, -0.1) is 15.3 Å². The van der Waals surface area contributed by atoms with Gasteiger partial charge in [-0.05, 0) is 82.6 Å². The highest BCUT2D eigenvalue weighted by molar-refractivity contribution is 7.86. The molecule has 0 saturated carbocycles. The number of aromatic hydroxyl groups is 3. The van der Waals surface area contributed by atoms with E-state index in [1.54, 1.807) is 60.7 Å². The second kappa shape index (κ2) is 23.4. The van der Waals surface area contributed by atoms with E-state index in [2.05, 4.69) is 59.3 Å². The molecular weight excluding hydrogens is 1090 g/mol. The highest BCUT2D eigenvalue weighted by atomic mass is 32.2. The number of rotatable bonds is 19. The Bertz CT molecular complexity index is 4320. The topological polar surface area (TPSA) is 298 Å². The largest absolute Gasteiger partial charge is 0.505 e. The third-order valence-electron chi connectivity index (χ3n) is 14.8. The van der Waals surface area contributed by atoms with Crippen LogP contribution >= 0.6 is 0 Å². The predicted octanol–water partition coefficient (Wildman–Crippen LogP) is 16.4. The van der Waals surface area contributed by atoms with Crippen LogP contribution in [0.15, 0.2) is 203 Å². The number of hydrogen-bond donors (Lipinski definition) is 6. The zero-order chi connectivity index (χ0) is 58.0. The zero-order valence-corrected chi connectivity index (χ0v) is 46.6. The maximum Gasteiger partial charge on any atom is 0.295 e. The van der Waals surface area contributed by atoms with Crippen molar-refractivity contribution in [3.05, 3.63) is 180 Å². The molecule has 2 atom stereocenters. The minimum atomic E-state index is -4.78. The molecule has 0 amide bonds. The van der Waals surface area contributed by atoms with Gasteiger partial charge in [0.25, 0.3) is 30.4 Å². The lowest BCUT2D eigenvalue weighted by Crippen LogP contribution is -2.16. The van der Waals surface area contributed by atoms with E-state index in [1.807, 2.05) is 36.4 Å². The van der Waals surface area contributed by atoms with Gasteiger partial charge >= 0.3 is 0 Å². The molecule has 0 radical (unpaired) electrons. The molecule has 0 aromatic heterocycles. The first kappa shape index (κ1) is 57.4. The molecule has 9 rings (SSSR count). The number of fused-ring (bicyclic) bond motifs is 3. The van der Waals surface area contributed by atoms with Crippen molar-refractivity contribution >= 4 is 96.8 Å². The summed E-state index contributed by atoms with van der Waals surface area (Å²) in [4.78, 5) is -1.33. The van der Waals surface area contributed by atoms with Crippen LogP contribution in [0.2, 0.25) is 0 Å². The Hall–Kier alpha value is -8.31. The number of hydrogen-bond acceptors (Lipinski definition) is 15. The van der Waals surface area contributed by atoms with Crippen LogP contribution in [-0.4, -0.2) is 54.2 Å². The number of nitrogens with zero attached hydrogens (tertiary/aromatic N) is 6. The van der Waals surface area contributed by atoms with Crippen molar-refractivity contribution in [2.75, 3.05) is 0 Å². The third kappa shape index (κ3) is 12.0. The fourth-order valence-corrected chi connectivity index (χ4v) is 12.9. The van der Waals surface area contributed by atoms with Crippen LogP contribution in [0.4, 0.5) is 34.1 Å². The highest BCUT2D eigenvalue weighted by Crippen LogP contribution is 2.48. The van der Waals surface area contributed by atoms with Gasteiger partial charge in [-0.1, -0.05) is 163 Å². The standard InChI is InChI=1S/C60H56N6O12S3/c1-5-35(6-2)56(37-21-26-40(27-22-37)61-64-50-32-53(79(70,71)72)42-15-9-12-18-45(42)58(50)67)39-25-30-49(63-66-52-34-55(81(76,77)78)44-17-11-14-20-47(44)60(52)69)48(31-39)57(36(7-3)8-4)38-23-28-41(29-24-38)62-65-51-33-54(80(73,74)75)43-16-10-13-19-46(43)59(51)68/h9-36,56-57,67-69H,5-8H2,1-4H3,(H,70,71,72)(H,73,74,75)(H,76,77,78)/b64-61+,65-62+,66-63+. The summed E-state index contributed by atoms with van der Waals surface area (Å²) in [6.07, 6.45) is 3.00. The Balaban J connectivity index is 1.16. The molecule has 9 aromatic carbocycles. The van der Waals surface area contributed by atoms with E-state index in [0.29, 0.717) is 29.9 Å². The lowest BCUT2D eigenvalue weighted by molar-refractivity contribution is 0.431. The molecule has 81 heavy (non-hydrogen) atoms. The molecule has 0 bridgehead atoms. The van der Waals surface area contributed by atoms with Crippen molar-refractivity contribution in [3.63, 3.8) is 0 Å². The van der Waals surface area contributed by atoms with Crippen molar-refractivity contribution in [3.8, 4) is 17.2 Å². The molecule has 416 valence electrons. The molecule has 0 aliphatic carbocycles. The van der Waals surface area contributed by atoms with E-state index in [0.717, 1.165) is 53.3 Å². The average molecular weight is 1150 g/mol. The Morgan fingerprint density at radius 1 is 0.346 bits per heavy atom. The smallest absolute Gasteiger partial charge is 0.295 e. The summed E-state index contributed by atoms with van der Waals surface area (Å²) in [6.45, 7) is 8.38. The fraction of sp³-hybridized carbons (Fsp3) is 0.200. The molecule has 9 aromatic rings. The van der Waals surface area contributed by atoms with E-state index in [-0.39, 0.29) is 90.3 Å². The molecular formula is C60H56N6O12S3. The Labute approximate surface area is 468 Å². The van der Waals surface area contributed by atoms with Gasteiger partial charge < -0.3 is 15.3 Å². The Kier molecular flexibility index (Phi) is 16.6. The zero-order valence-electron chi connectivity index (χ0n) is 44.2. The van der Waals surface area contributed by atoms with Crippen molar-refractivity contribution in [1.29, 1.82) is 0 Å². The summed E-state index contributed by atoms with van der Waals surface area (Å²) in [5.41, 5.74) is 4.04. The van der Waals surface area contributed by atoms with E-state index in [1.165, 1.54) is 36.4 Å². The number of phenols is 3. The van der Waals surface area contributed by atoms with Crippen LogP contribution in [-0.2, 0) is 30.4 Å². The summed E-state index contributed by atoms with van der Waals surface area (Å²) >= 11 is 0. The normalized spacial score (nSPS) is 13.5.